The minimum Gasteiger partial charge on any atom is -0.379 e. The maximum atomic E-state index is 13.5. The highest BCUT2D eigenvalue weighted by Crippen LogP contribution is 2.33. The second-order valence-corrected chi connectivity index (χ2v) is 21.8. The van der Waals surface area contributed by atoms with Gasteiger partial charge in [-0.05, 0) is 99.6 Å². The zero-order valence-corrected chi connectivity index (χ0v) is 49.5. The zero-order valence-electron chi connectivity index (χ0n) is 37.5. The number of rotatable bonds is 13. The van der Waals surface area contributed by atoms with E-state index in [0.29, 0.717) is 89.4 Å². The molecular weight excluding hydrogens is 1300 g/mol. The lowest BCUT2D eigenvalue weighted by Crippen LogP contribution is -2.41. The number of amidine groups is 4. The largest absolute Gasteiger partial charge is 0.379 e. The lowest BCUT2D eigenvalue weighted by atomic mass is 10.1. The summed E-state index contributed by atoms with van der Waals surface area (Å²) in [5, 5.41) is 25.2. The SMILES string of the molecule is Br.Br.C.Fc1ccc(CN2CN=C(SCc3cc(Cl)c(Cl)cc3CSC3=NCN(Cc4ccc(F)c(Cl)c4)CN3)NC2)cc1Cl.N=C(N)SCc1cc(Cl)c(Cl)cc1CSC(=N)N.NCc1ccc(F)c(Cl)c1. The van der Waals surface area contributed by atoms with Gasteiger partial charge in [-0.15, -0.1) is 34.0 Å². The van der Waals surface area contributed by atoms with Crippen LogP contribution in [0, 0.1) is 28.3 Å². The topological polar surface area (TPSA) is 181 Å². The lowest BCUT2D eigenvalue weighted by Gasteiger charge is -2.27. The predicted octanol–water partition coefficient (Wildman–Crippen LogP) is 14.8. The van der Waals surface area contributed by atoms with Crippen molar-refractivity contribution in [2.75, 3.05) is 26.7 Å². The fourth-order valence-corrected chi connectivity index (χ4v) is 10.4. The predicted molar refractivity (Wildman–Crippen MR) is 323 cm³/mol. The smallest absolute Gasteiger partial charge is 0.159 e. The molecule has 0 bridgehead atoms. The van der Waals surface area contributed by atoms with Crippen molar-refractivity contribution in [3.8, 4) is 0 Å². The summed E-state index contributed by atoms with van der Waals surface area (Å²) in [6.07, 6.45) is 0. The maximum absolute atomic E-state index is 13.5. The molecule has 5 aromatic carbocycles. The van der Waals surface area contributed by atoms with E-state index < -0.39 is 17.5 Å². The van der Waals surface area contributed by atoms with Crippen molar-refractivity contribution in [2.45, 2.75) is 50.1 Å². The molecule has 0 aromatic heterocycles. The van der Waals surface area contributed by atoms with E-state index in [1.165, 1.54) is 47.8 Å². The second kappa shape index (κ2) is 34.0. The number of nitrogens with two attached hydrogens (primary N) is 3. The van der Waals surface area contributed by atoms with E-state index in [1.807, 2.05) is 12.1 Å². The molecule has 0 fully saturated rings. The molecule has 0 aliphatic carbocycles. The summed E-state index contributed by atoms with van der Waals surface area (Å²) in [5.41, 5.74) is 22.6. The molecule has 0 unspecified atom stereocenters. The minimum absolute atomic E-state index is 0. The van der Waals surface area contributed by atoms with Gasteiger partial charge >= 0.3 is 0 Å². The Hall–Kier alpha value is -1.96. The van der Waals surface area contributed by atoms with Gasteiger partial charge in [0, 0.05) is 42.6 Å². The number of hydrogen-bond acceptors (Lipinski definition) is 13. The lowest BCUT2D eigenvalue weighted by molar-refractivity contribution is 0.258. The summed E-state index contributed by atoms with van der Waals surface area (Å²) in [7, 11) is 0. The van der Waals surface area contributed by atoms with Gasteiger partial charge in [0.15, 0.2) is 20.7 Å². The van der Waals surface area contributed by atoms with Crippen molar-refractivity contribution in [1.82, 2.24) is 20.4 Å². The third-order valence-electron chi connectivity index (χ3n) is 9.72. The molecule has 0 saturated heterocycles. The Morgan fingerprint density at radius 3 is 1.12 bits per heavy atom. The number of thioether (sulfide) groups is 4. The molecule has 10 N–H and O–H groups in total. The van der Waals surface area contributed by atoms with Gasteiger partial charge in [0.05, 0.1) is 61.8 Å². The van der Waals surface area contributed by atoms with Crippen molar-refractivity contribution >= 4 is 183 Å². The van der Waals surface area contributed by atoms with Gasteiger partial charge in [-0.1, -0.05) is 154 Å². The Morgan fingerprint density at radius 2 is 0.836 bits per heavy atom. The molecule has 2 aliphatic heterocycles. The third-order valence-corrected chi connectivity index (χ3v) is 15.6. The van der Waals surface area contributed by atoms with Crippen molar-refractivity contribution in [1.29, 1.82) is 10.8 Å². The first-order chi connectivity index (χ1) is 33.4. The highest BCUT2D eigenvalue weighted by Gasteiger charge is 2.18. The van der Waals surface area contributed by atoms with Crippen LogP contribution in [0.25, 0.3) is 0 Å². The third kappa shape index (κ3) is 22.9. The Kier molecular flexibility index (Phi) is 31.3. The Balaban J connectivity index is 0.000000486. The molecule has 7 rings (SSSR count). The summed E-state index contributed by atoms with van der Waals surface area (Å²) < 4.78 is 39.4. The number of nitrogens with zero attached hydrogens (tertiary/aromatic N) is 4. The Bertz CT molecular complexity index is 2570. The Labute approximate surface area is 496 Å². The summed E-state index contributed by atoms with van der Waals surface area (Å²) in [6.45, 7) is 3.87. The van der Waals surface area contributed by atoms with Gasteiger partial charge in [0.25, 0.3) is 0 Å². The fourth-order valence-electron chi connectivity index (χ4n) is 6.16. The zero-order chi connectivity index (χ0) is 50.9. The van der Waals surface area contributed by atoms with E-state index in [4.69, 9.17) is 109 Å². The van der Waals surface area contributed by atoms with Gasteiger partial charge in [0.2, 0.25) is 0 Å². The highest BCUT2D eigenvalue weighted by molar-refractivity contribution is 8.93. The van der Waals surface area contributed by atoms with Crippen LogP contribution in [0.3, 0.4) is 0 Å². The number of halogens is 12. The van der Waals surface area contributed by atoms with Crippen molar-refractivity contribution < 1.29 is 13.2 Å². The van der Waals surface area contributed by atoms with Crippen LogP contribution in [0.5, 0.6) is 0 Å². The monoisotopic (exact) mass is 1340 g/mol. The summed E-state index contributed by atoms with van der Waals surface area (Å²) in [4.78, 5) is 13.5. The number of aliphatic imine (C=N–C) groups is 2. The molecule has 27 heteroatoms. The van der Waals surface area contributed by atoms with Gasteiger partial charge in [-0.3, -0.25) is 20.6 Å². The molecule has 0 radical (unpaired) electrons. The summed E-state index contributed by atoms with van der Waals surface area (Å²) >= 11 is 47.6. The first kappa shape index (κ1) is 67.2. The molecule has 11 nitrogen and oxygen atoms in total. The van der Waals surface area contributed by atoms with Crippen LogP contribution in [0.15, 0.2) is 88.8 Å². The van der Waals surface area contributed by atoms with Gasteiger partial charge in [-0.2, -0.15) is 0 Å². The summed E-state index contributed by atoms with van der Waals surface area (Å²) in [5.74, 6) is 1.17. The normalized spacial score (nSPS) is 13.1. The van der Waals surface area contributed by atoms with Crippen LogP contribution in [0.1, 0.15) is 46.4 Å². The maximum Gasteiger partial charge on any atom is 0.159 e. The number of nitrogens with one attached hydrogen (secondary N) is 4. The van der Waals surface area contributed by atoms with Crippen LogP contribution in [-0.2, 0) is 42.6 Å². The molecule has 0 atom stereocenters. The van der Waals surface area contributed by atoms with E-state index in [2.05, 4.69) is 30.4 Å². The van der Waals surface area contributed by atoms with Crippen LogP contribution < -0.4 is 27.8 Å². The standard InChI is InChI=1S/C28H26Cl4F2N6S2.C10H12Cl2N4S2.C7H7ClFN.CH4.2BrH/c29-21-7-19(11-41-27-35-13-39(14-36-27)9-17-1-3-25(33)23(31)5-17)20(8-22(21)30)12-42-28-37-15-40(16-38-28)10-18-2-4-26(34)24(32)6-18;11-7-1-5(3-17-9(13)14)6(2-8(7)12)4-18-10(15)16;8-6-3-5(4-10)1-2-7(6)9;;;/h1-8H,9-16H2,(H,35,36)(H,37,38);1-2H,3-4H2,(H3,13,14)(H3,15,16);1-3H,4,10H2;1H4;2*1H. The van der Waals surface area contributed by atoms with Gasteiger partial charge in [-0.25, -0.2) is 23.2 Å². The van der Waals surface area contributed by atoms with Crippen molar-refractivity contribution in [3.05, 3.63) is 170 Å². The second-order valence-electron chi connectivity index (χ2n) is 14.9. The average Bonchev–Trinajstić information content (AvgIpc) is 3.33. The molecule has 0 saturated carbocycles. The first-order valence-corrected chi connectivity index (χ1v) is 27.1. The fraction of sp³-hybridized carbons (Fsp3) is 0.261. The average molecular weight is 1350 g/mol. The van der Waals surface area contributed by atoms with Gasteiger partial charge < -0.3 is 27.8 Å². The van der Waals surface area contributed by atoms with E-state index in [0.717, 1.165) is 49.3 Å². The molecule has 398 valence electrons. The highest BCUT2D eigenvalue weighted by atomic mass is 79.9. The van der Waals surface area contributed by atoms with E-state index in [9.17, 15) is 13.2 Å². The minimum atomic E-state index is -0.423. The van der Waals surface area contributed by atoms with Crippen LogP contribution in [0.4, 0.5) is 13.2 Å². The van der Waals surface area contributed by atoms with Crippen LogP contribution in [-0.4, -0.2) is 57.1 Å². The molecule has 0 spiro atoms. The van der Waals surface area contributed by atoms with Gasteiger partial charge in [0.1, 0.15) is 17.5 Å². The molecule has 0 amide bonds. The Morgan fingerprint density at radius 1 is 0.521 bits per heavy atom. The number of benzene rings is 5. The van der Waals surface area contributed by atoms with E-state index >= 15 is 0 Å². The van der Waals surface area contributed by atoms with Crippen LogP contribution >= 0.6 is 162 Å². The molecule has 2 aliphatic rings. The quantitative estimate of drug-likeness (QED) is 0.0440. The van der Waals surface area contributed by atoms with Crippen molar-refractivity contribution in [3.63, 3.8) is 0 Å². The molecular formula is C46H51Br2Cl7F3N11S4. The summed E-state index contributed by atoms with van der Waals surface area (Å²) in [6, 6.07) is 21.3. The van der Waals surface area contributed by atoms with Crippen molar-refractivity contribution in [2.24, 2.45) is 27.2 Å². The molecule has 73 heavy (non-hydrogen) atoms. The van der Waals surface area contributed by atoms with E-state index in [1.54, 1.807) is 66.0 Å². The molecule has 2 heterocycles. The number of hydrogen-bond donors (Lipinski definition) is 7. The molecule has 5 aromatic rings. The first-order valence-electron chi connectivity index (χ1n) is 20.5. The van der Waals surface area contributed by atoms with E-state index in [-0.39, 0.29) is 66.8 Å². The van der Waals surface area contributed by atoms with Crippen LogP contribution in [0.2, 0.25) is 35.2 Å².